The Morgan fingerprint density at radius 3 is 2.64 bits per heavy atom. The number of nitrogens with two attached hydrogens (primary N) is 1. The lowest BCUT2D eigenvalue weighted by molar-refractivity contribution is 0.119. The van der Waals surface area contributed by atoms with Crippen molar-refractivity contribution in [3.8, 4) is 5.75 Å². The van der Waals surface area contributed by atoms with E-state index in [0.29, 0.717) is 6.61 Å². The number of hydrogen-bond donors (Lipinski definition) is 1. The van der Waals surface area contributed by atoms with Crippen LogP contribution in [-0.2, 0) is 11.4 Å². The number of ether oxygens (including phenoxy) is 1. The fourth-order valence-corrected chi connectivity index (χ4v) is 1.31. The number of rotatable bonds is 4. The standard InChI is InChI=1S/C11H17NO2/c1-8(2)14-11-6-4-5-9(3)10(11)7-13-12/h4-6,8H,7,12H2,1-3H3. The van der Waals surface area contributed by atoms with Gasteiger partial charge in [0.05, 0.1) is 12.7 Å². The SMILES string of the molecule is Cc1cccc(OC(C)C)c1CON. The van der Waals surface area contributed by atoms with E-state index < -0.39 is 0 Å². The number of aryl methyl sites for hydroxylation is 1. The number of hydrogen-bond acceptors (Lipinski definition) is 3. The van der Waals surface area contributed by atoms with Gasteiger partial charge < -0.3 is 4.74 Å². The van der Waals surface area contributed by atoms with Gasteiger partial charge in [0.1, 0.15) is 5.75 Å². The summed E-state index contributed by atoms with van der Waals surface area (Å²) in [4.78, 5) is 4.65. The molecule has 0 spiro atoms. The maximum absolute atomic E-state index is 5.64. The summed E-state index contributed by atoms with van der Waals surface area (Å²) in [5.41, 5.74) is 2.15. The normalized spacial score (nSPS) is 10.6. The van der Waals surface area contributed by atoms with Gasteiger partial charge in [-0.15, -0.1) is 0 Å². The van der Waals surface area contributed by atoms with Crippen LogP contribution in [0.5, 0.6) is 5.75 Å². The molecule has 0 saturated carbocycles. The van der Waals surface area contributed by atoms with Crippen LogP contribution < -0.4 is 10.6 Å². The van der Waals surface area contributed by atoms with Gasteiger partial charge >= 0.3 is 0 Å². The van der Waals surface area contributed by atoms with E-state index in [1.807, 2.05) is 39.0 Å². The zero-order chi connectivity index (χ0) is 10.6. The second-order valence-corrected chi connectivity index (χ2v) is 3.53. The quantitative estimate of drug-likeness (QED) is 0.749. The molecule has 0 unspecified atom stereocenters. The Bertz CT molecular complexity index is 297. The summed E-state index contributed by atoms with van der Waals surface area (Å²) in [5.74, 6) is 5.93. The average molecular weight is 195 g/mol. The Labute approximate surface area is 84.8 Å². The molecule has 0 amide bonds. The average Bonchev–Trinajstić information content (AvgIpc) is 2.10. The molecule has 1 aromatic carbocycles. The largest absolute Gasteiger partial charge is 0.491 e. The maximum Gasteiger partial charge on any atom is 0.125 e. The van der Waals surface area contributed by atoms with Gasteiger partial charge in [-0.05, 0) is 32.4 Å². The summed E-state index contributed by atoms with van der Waals surface area (Å²) < 4.78 is 5.64. The first-order valence-electron chi connectivity index (χ1n) is 4.72. The molecule has 0 saturated heterocycles. The van der Waals surface area contributed by atoms with Crippen molar-refractivity contribution >= 4 is 0 Å². The fraction of sp³-hybridized carbons (Fsp3) is 0.455. The minimum atomic E-state index is 0.160. The summed E-state index contributed by atoms with van der Waals surface area (Å²) in [6.45, 7) is 6.39. The molecule has 0 aliphatic rings. The van der Waals surface area contributed by atoms with E-state index in [1.165, 1.54) is 0 Å². The third-order valence-corrected chi connectivity index (χ3v) is 1.96. The van der Waals surface area contributed by atoms with E-state index in [4.69, 9.17) is 10.6 Å². The van der Waals surface area contributed by atoms with Gasteiger partial charge in [0.2, 0.25) is 0 Å². The molecule has 0 fully saturated rings. The zero-order valence-corrected chi connectivity index (χ0v) is 8.91. The molecule has 3 nitrogen and oxygen atoms in total. The summed E-state index contributed by atoms with van der Waals surface area (Å²) in [7, 11) is 0. The van der Waals surface area contributed by atoms with Crippen molar-refractivity contribution in [3.05, 3.63) is 29.3 Å². The lowest BCUT2D eigenvalue weighted by Crippen LogP contribution is -2.10. The topological polar surface area (TPSA) is 44.5 Å². The first-order valence-corrected chi connectivity index (χ1v) is 4.72. The Kier molecular flexibility index (Phi) is 3.92. The van der Waals surface area contributed by atoms with Gasteiger partial charge in [-0.3, -0.25) is 4.84 Å². The van der Waals surface area contributed by atoms with Crippen molar-refractivity contribution in [1.82, 2.24) is 0 Å². The molecule has 78 valence electrons. The highest BCUT2D eigenvalue weighted by molar-refractivity contribution is 5.39. The summed E-state index contributed by atoms with van der Waals surface area (Å²) >= 11 is 0. The van der Waals surface area contributed by atoms with Gasteiger partial charge in [0.15, 0.2) is 0 Å². The van der Waals surface area contributed by atoms with Crippen LogP contribution in [0.2, 0.25) is 0 Å². The molecule has 0 aromatic heterocycles. The van der Waals surface area contributed by atoms with Crippen LogP contribution in [0, 0.1) is 6.92 Å². The minimum absolute atomic E-state index is 0.160. The molecule has 0 aliphatic heterocycles. The molecule has 0 heterocycles. The van der Waals surface area contributed by atoms with Crippen LogP contribution >= 0.6 is 0 Å². The Balaban J connectivity index is 2.95. The smallest absolute Gasteiger partial charge is 0.125 e. The van der Waals surface area contributed by atoms with Crippen molar-refractivity contribution in [2.75, 3.05) is 0 Å². The molecule has 0 aliphatic carbocycles. The highest BCUT2D eigenvalue weighted by Gasteiger charge is 2.07. The predicted octanol–water partition coefficient (Wildman–Crippen LogP) is 2.17. The van der Waals surface area contributed by atoms with Gasteiger partial charge in [-0.25, -0.2) is 5.90 Å². The molecule has 3 heteroatoms. The lowest BCUT2D eigenvalue weighted by Gasteiger charge is -2.15. The molecule has 0 radical (unpaired) electrons. The van der Waals surface area contributed by atoms with E-state index in [-0.39, 0.29) is 6.10 Å². The van der Waals surface area contributed by atoms with Crippen LogP contribution in [0.1, 0.15) is 25.0 Å². The third-order valence-electron chi connectivity index (χ3n) is 1.96. The van der Waals surface area contributed by atoms with Gasteiger partial charge in [-0.1, -0.05) is 12.1 Å². The van der Waals surface area contributed by atoms with E-state index in [0.717, 1.165) is 16.9 Å². The molecule has 0 atom stereocenters. The molecule has 1 rings (SSSR count). The van der Waals surface area contributed by atoms with Crippen LogP contribution in [0.15, 0.2) is 18.2 Å². The second kappa shape index (κ2) is 4.98. The zero-order valence-electron chi connectivity index (χ0n) is 8.91. The molecule has 2 N–H and O–H groups in total. The Morgan fingerprint density at radius 2 is 2.07 bits per heavy atom. The second-order valence-electron chi connectivity index (χ2n) is 3.53. The van der Waals surface area contributed by atoms with Crippen LogP contribution in [0.3, 0.4) is 0 Å². The first-order chi connectivity index (χ1) is 6.65. The van der Waals surface area contributed by atoms with Crippen LogP contribution in [0.25, 0.3) is 0 Å². The van der Waals surface area contributed by atoms with Crippen LogP contribution in [0.4, 0.5) is 0 Å². The maximum atomic E-state index is 5.64. The number of benzene rings is 1. The summed E-state index contributed by atoms with van der Waals surface area (Å²) in [5, 5.41) is 0. The molecule has 14 heavy (non-hydrogen) atoms. The van der Waals surface area contributed by atoms with E-state index in [9.17, 15) is 0 Å². The van der Waals surface area contributed by atoms with E-state index >= 15 is 0 Å². The van der Waals surface area contributed by atoms with Gasteiger partial charge in [0, 0.05) is 5.56 Å². The minimum Gasteiger partial charge on any atom is -0.491 e. The molecule has 1 aromatic rings. The lowest BCUT2D eigenvalue weighted by atomic mass is 10.1. The van der Waals surface area contributed by atoms with Gasteiger partial charge in [0.25, 0.3) is 0 Å². The molecular weight excluding hydrogens is 178 g/mol. The molecule has 0 bridgehead atoms. The van der Waals surface area contributed by atoms with Crippen molar-refractivity contribution in [2.24, 2.45) is 5.90 Å². The van der Waals surface area contributed by atoms with Crippen molar-refractivity contribution in [2.45, 2.75) is 33.5 Å². The summed E-state index contributed by atoms with van der Waals surface area (Å²) in [6.07, 6.45) is 0.160. The van der Waals surface area contributed by atoms with Crippen molar-refractivity contribution < 1.29 is 9.57 Å². The third kappa shape index (κ3) is 2.72. The fourth-order valence-electron chi connectivity index (χ4n) is 1.31. The van der Waals surface area contributed by atoms with E-state index in [2.05, 4.69) is 4.84 Å². The van der Waals surface area contributed by atoms with Gasteiger partial charge in [-0.2, -0.15) is 0 Å². The first kappa shape index (κ1) is 11.0. The predicted molar refractivity (Wildman–Crippen MR) is 55.9 cm³/mol. The monoisotopic (exact) mass is 195 g/mol. The van der Waals surface area contributed by atoms with E-state index in [1.54, 1.807) is 0 Å². The highest BCUT2D eigenvalue weighted by Crippen LogP contribution is 2.23. The van der Waals surface area contributed by atoms with Crippen molar-refractivity contribution in [3.63, 3.8) is 0 Å². The Morgan fingerprint density at radius 1 is 1.36 bits per heavy atom. The molecular formula is C11H17NO2. The highest BCUT2D eigenvalue weighted by atomic mass is 16.6. The Hall–Kier alpha value is -1.06. The van der Waals surface area contributed by atoms with Crippen LogP contribution in [-0.4, -0.2) is 6.10 Å². The van der Waals surface area contributed by atoms with Crippen molar-refractivity contribution in [1.29, 1.82) is 0 Å². The summed E-state index contributed by atoms with van der Waals surface area (Å²) in [6, 6.07) is 5.91.